The van der Waals surface area contributed by atoms with E-state index in [0.717, 1.165) is 29.1 Å². The molecule has 0 aliphatic carbocycles. The fraction of sp³-hybridized carbons (Fsp3) is 0.571. The number of hydrogen-bond acceptors (Lipinski definition) is 2. The van der Waals surface area contributed by atoms with Crippen molar-refractivity contribution in [2.24, 2.45) is 5.92 Å². The fourth-order valence-corrected chi connectivity index (χ4v) is 3.47. The van der Waals surface area contributed by atoms with Gasteiger partial charge in [0.1, 0.15) is 0 Å². The molecule has 2 unspecified atom stereocenters. The summed E-state index contributed by atoms with van der Waals surface area (Å²) in [5.41, 5.74) is 1.21. The molecule has 2 nitrogen and oxygen atoms in total. The Kier molecular flexibility index (Phi) is 4.70. The maximum atomic E-state index is 6.28. The molecule has 1 fully saturated rings. The minimum atomic E-state index is 0.652. The van der Waals surface area contributed by atoms with Gasteiger partial charge in [-0.1, -0.05) is 40.5 Å². The van der Waals surface area contributed by atoms with E-state index >= 15 is 0 Å². The SMILES string of the molecule is CC1CN(Cc2ccc(Br)cc2Cl)CC1N(C)C. The predicted molar refractivity (Wildman–Crippen MR) is 81.1 cm³/mol. The molecule has 0 saturated carbocycles. The molecule has 0 bridgehead atoms. The number of benzene rings is 1. The first-order chi connectivity index (χ1) is 8.47. The molecule has 1 aliphatic rings. The summed E-state index contributed by atoms with van der Waals surface area (Å²) in [6.07, 6.45) is 0. The second-order valence-electron chi connectivity index (χ2n) is 5.44. The molecule has 1 heterocycles. The van der Waals surface area contributed by atoms with Crippen LogP contribution in [0.2, 0.25) is 5.02 Å². The van der Waals surface area contributed by atoms with Crippen molar-refractivity contribution < 1.29 is 0 Å². The normalized spacial score (nSPS) is 25.0. The minimum Gasteiger partial charge on any atom is -0.305 e. The Balaban J connectivity index is 2.03. The Hall–Kier alpha value is -0.0900. The van der Waals surface area contributed by atoms with E-state index in [-0.39, 0.29) is 0 Å². The number of likely N-dealkylation sites (N-methyl/N-ethyl adjacent to an activating group) is 1. The molecule has 1 aliphatic heterocycles. The standard InChI is InChI=1S/C14H20BrClN2/c1-10-7-18(9-14(10)17(2)3)8-11-4-5-12(15)6-13(11)16/h4-6,10,14H,7-9H2,1-3H3. The average Bonchev–Trinajstić information content (AvgIpc) is 2.64. The molecule has 1 saturated heterocycles. The Morgan fingerprint density at radius 1 is 1.39 bits per heavy atom. The van der Waals surface area contributed by atoms with Crippen LogP contribution in [0.3, 0.4) is 0 Å². The highest BCUT2D eigenvalue weighted by atomic mass is 79.9. The summed E-state index contributed by atoms with van der Waals surface area (Å²) >= 11 is 9.72. The van der Waals surface area contributed by atoms with Crippen molar-refractivity contribution in [3.63, 3.8) is 0 Å². The van der Waals surface area contributed by atoms with Gasteiger partial charge in [0.25, 0.3) is 0 Å². The van der Waals surface area contributed by atoms with E-state index in [0.29, 0.717) is 12.0 Å². The first kappa shape index (κ1) is 14.3. The summed E-state index contributed by atoms with van der Waals surface area (Å²) in [5.74, 6) is 0.717. The van der Waals surface area contributed by atoms with Crippen molar-refractivity contribution in [2.45, 2.75) is 19.5 Å². The van der Waals surface area contributed by atoms with Crippen molar-refractivity contribution in [2.75, 3.05) is 27.2 Å². The highest BCUT2D eigenvalue weighted by Gasteiger charge is 2.30. The minimum absolute atomic E-state index is 0.652. The van der Waals surface area contributed by atoms with Gasteiger partial charge in [-0.05, 0) is 37.7 Å². The molecule has 0 radical (unpaired) electrons. The van der Waals surface area contributed by atoms with Crippen molar-refractivity contribution in [3.05, 3.63) is 33.3 Å². The Morgan fingerprint density at radius 3 is 2.67 bits per heavy atom. The quantitative estimate of drug-likeness (QED) is 0.836. The molecule has 2 atom stereocenters. The second-order valence-corrected chi connectivity index (χ2v) is 6.76. The van der Waals surface area contributed by atoms with Crippen LogP contribution in [0.25, 0.3) is 0 Å². The van der Waals surface area contributed by atoms with E-state index in [1.54, 1.807) is 0 Å². The molecule has 1 aromatic rings. The zero-order valence-electron chi connectivity index (χ0n) is 11.2. The van der Waals surface area contributed by atoms with Crippen LogP contribution < -0.4 is 0 Å². The van der Waals surface area contributed by atoms with Gasteiger partial charge >= 0.3 is 0 Å². The van der Waals surface area contributed by atoms with Crippen molar-refractivity contribution in [3.8, 4) is 0 Å². The van der Waals surface area contributed by atoms with Crippen LogP contribution in [-0.2, 0) is 6.54 Å². The number of rotatable bonds is 3. The van der Waals surface area contributed by atoms with Crippen molar-refractivity contribution in [1.82, 2.24) is 9.80 Å². The van der Waals surface area contributed by atoms with Crippen molar-refractivity contribution in [1.29, 1.82) is 0 Å². The van der Waals surface area contributed by atoms with Crippen LogP contribution in [0.4, 0.5) is 0 Å². The number of hydrogen-bond donors (Lipinski definition) is 0. The smallest absolute Gasteiger partial charge is 0.0462 e. The highest BCUT2D eigenvalue weighted by Crippen LogP contribution is 2.26. The molecular weight excluding hydrogens is 312 g/mol. The van der Waals surface area contributed by atoms with E-state index in [1.807, 2.05) is 6.07 Å². The predicted octanol–water partition coefficient (Wildman–Crippen LogP) is 3.48. The zero-order valence-corrected chi connectivity index (χ0v) is 13.5. The molecule has 0 aromatic heterocycles. The van der Waals surface area contributed by atoms with Gasteiger partial charge in [-0.3, -0.25) is 4.90 Å². The first-order valence-corrected chi connectivity index (χ1v) is 7.47. The van der Waals surface area contributed by atoms with Crippen LogP contribution in [0, 0.1) is 5.92 Å². The van der Waals surface area contributed by atoms with Crippen LogP contribution in [-0.4, -0.2) is 43.0 Å². The molecule has 0 N–H and O–H groups in total. The third kappa shape index (κ3) is 3.27. The van der Waals surface area contributed by atoms with Gasteiger partial charge in [-0.2, -0.15) is 0 Å². The molecule has 4 heteroatoms. The van der Waals surface area contributed by atoms with Gasteiger partial charge in [-0.15, -0.1) is 0 Å². The molecular formula is C14H20BrClN2. The van der Waals surface area contributed by atoms with Gasteiger partial charge in [-0.25, -0.2) is 0 Å². The van der Waals surface area contributed by atoms with Crippen LogP contribution >= 0.6 is 27.5 Å². The van der Waals surface area contributed by atoms with Crippen LogP contribution in [0.1, 0.15) is 12.5 Å². The van der Waals surface area contributed by atoms with Crippen molar-refractivity contribution >= 4 is 27.5 Å². The van der Waals surface area contributed by atoms with Gasteiger partial charge in [0.2, 0.25) is 0 Å². The second kappa shape index (κ2) is 5.91. The third-order valence-electron chi connectivity index (χ3n) is 3.72. The van der Waals surface area contributed by atoms with Gasteiger partial charge in [0.15, 0.2) is 0 Å². The maximum Gasteiger partial charge on any atom is 0.0462 e. The van der Waals surface area contributed by atoms with Crippen LogP contribution in [0.15, 0.2) is 22.7 Å². The molecule has 100 valence electrons. The molecule has 0 amide bonds. The van der Waals surface area contributed by atoms with Crippen LogP contribution in [0.5, 0.6) is 0 Å². The lowest BCUT2D eigenvalue weighted by molar-refractivity contribution is 0.250. The monoisotopic (exact) mass is 330 g/mol. The highest BCUT2D eigenvalue weighted by molar-refractivity contribution is 9.10. The first-order valence-electron chi connectivity index (χ1n) is 6.30. The summed E-state index contributed by atoms with van der Waals surface area (Å²) < 4.78 is 1.04. The molecule has 1 aromatic carbocycles. The van der Waals surface area contributed by atoms with Gasteiger partial charge in [0.05, 0.1) is 0 Å². The summed E-state index contributed by atoms with van der Waals surface area (Å²) in [6, 6.07) is 6.79. The summed E-state index contributed by atoms with van der Waals surface area (Å²) in [6.45, 7) is 5.55. The lowest BCUT2D eigenvalue weighted by atomic mass is 10.1. The Labute approximate surface area is 123 Å². The van der Waals surface area contributed by atoms with Gasteiger partial charge < -0.3 is 4.90 Å². The summed E-state index contributed by atoms with van der Waals surface area (Å²) in [5, 5.41) is 0.852. The maximum absolute atomic E-state index is 6.28. The fourth-order valence-electron chi connectivity index (χ4n) is 2.74. The van der Waals surface area contributed by atoms with E-state index in [2.05, 4.69) is 58.9 Å². The molecule has 2 rings (SSSR count). The number of nitrogens with zero attached hydrogens (tertiary/aromatic N) is 2. The summed E-state index contributed by atoms with van der Waals surface area (Å²) in [4.78, 5) is 4.82. The average molecular weight is 332 g/mol. The lowest BCUT2D eigenvalue weighted by Gasteiger charge is -2.22. The van der Waals surface area contributed by atoms with E-state index in [1.165, 1.54) is 5.56 Å². The zero-order chi connectivity index (χ0) is 13.3. The number of likely N-dealkylation sites (tertiary alicyclic amines) is 1. The summed E-state index contributed by atoms with van der Waals surface area (Å²) in [7, 11) is 4.33. The van der Waals surface area contributed by atoms with E-state index < -0.39 is 0 Å². The topological polar surface area (TPSA) is 6.48 Å². The molecule has 18 heavy (non-hydrogen) atoms. The number of halogens is 2. The van der Waals surface area contributed by atoms with E-state index in [4.69, 9.17) is 11.6 Å². The largest absolute Gasteiger partial charge is 0.305 e. The Bertz CT molecular complexity index is 422. The van der Waals surface area contributed by atoms with Gasteiger partial charge in [0, 0.05) is 35.2 Å². The van der Waals surface area contributed by atoms with E-state index in [9.17, 15) is 0 Å². The third-order valence-corrected chi connectivity index (χ3v) is 4.57. The Morgan fingerprint density at radius 2 is 2.11 bits per heavy atom. The molecule has 0 spiro atoms. The lowest BCUT2D eigenvalue weighted by Crippen LogP contribution is -2.34.